The van der Waals surface area contributed by atoms with E-state index in [-0.39, 0.29) is 63.6 Å². The van der Waals surface area contributed by atoms with Crippen molar-refractivity contribution in [1.29, 1.82) is 0 Å². The monoisotopic (exact) mass is 855 g/mol. The van der Waals surface area contributed by atoms with Crippen LogP contribution in [0.1, 0.15) is 168 Å². The summed E-state index contributed by atoms with van der Waals surface area (Å²) in [6.45, 7) is 6.09. The molecule has 0 aliphatic rings. The van der Waals surface area contributed by atoms with Gasteiger partial charge in [-0.1, -0.05) is 142 Å². The second-order valence-electron chi connectivity index (χ2n) is 15.0. The van der Waals surface area contributed by atoms with E-state index in [1.807, 2.05) is 0 Å². The summed E-state index contributed by atoms with van der Waals surface area (Å²) in [6, 6.07) is -0.778. The first kappa shape index (κ1) is 55.8. The number of thioether (sulfide) groups is 1. The van der Waals surface area contributed by atoms with E-state index in [0.717, 1.165) is 38.5 Å². The lowest BCUT2D eigenvalue weighted by molar-refractivity contribution is -0.157. The number of esters is 2. The van der Waals surface area contributed by atoms with E-state index in [2.05, 4.69) is 19.2 Å². The van der Waals surface area contributed by atoms with E-state index < -0.39 is 19.7 Å². The molecule has 0 saturated carbocycles. The van der Waals surface area contributed by atoms with Gasteiger partial charge in [-0.25, -0.2) is 0 Å². The highest BCUT2D eigenvalue weighted by atomic mass is 32.2. The maximum atomic E-state index is 12.8. The maximum absolute atomic E-state index is 12.8. The summed E-state index contributed by atoms with van der Waals surface area (Å²) < 4.78 is 38.0. The molecule has 0 heterocycles. The highest BCUT2D eigenvalue weighted by Crippen LogP contribution is 2.33. The van der Waals surface area contributed by atoms with Gasteiger partial charge in [0.05, 0.1) is 51.8 Å². The van der Waals surface area contributed by atoms with E-state index >= 15 is 0 Å². The zero-order valence-corrected chi connectivity index (χ0v) is 37.6. The van der Waals surface area contributed by atoms with Crippen molar-refractivity contribution in [3.05, 3.63) is 0 Å². The first-order valence-electron chi connectivity index (χ1n) is 22.3. The third-order valence-corrected chi connectivity index (χ3v) is 11.4. The number of unbranched alkanes of at least 4 members (excludes halogenated alkanes) is 20. The van der Waals surface area contributed by atoms with Crippen molar-refractivity contribution in [2.24, 2.45) is 5.73 Å². The Bertz CT molecular complexity index is 992. The lowest BCUT2D eigenvalue weighted by Gasteiger charge is -2.19. The Morgan fingerprint density at radius 2 is 1.02 bits per heavy atom. The van der Waals surface area contributed by atoms with Crippen LogP contribution in [0.3, 0.4) is 0 Å². The fourth-order valence-corrected chi connectivity index (χ4v) is 7.33. The Morgan fingerprint density at radius 3 is 1.49 bits per heavy atom. The Balaban J connectivity index is 4.40. The summed E-state index contributed by atoms with van der Waals surface area (Å²) >= 11 is 1.38. The zero-order chi connectivity index (χ0) is 42.1. The van der Waals surface area contributed by atoms with Crippen LogP contribution in [0.4, 0.5) is 0 Å². The van der Waals surface area contributed by atoms with Crippen molar-refractivity contribution in [3.8, 4) is 0 Å². The number of nitrogens with two attached hydrogens (primary N) is 1. The molecule has 0 saturated heterocycles. The van der Waals surface area contributed by atoms with Crippen LogP contribution in [0.5, 0.6) is 0 Å². The number of ether oxygens (including phenoxy) is 5. The van der Waals surface area contributed by atoms with Gasteiger partial charge in [0.1, 0.15) is 12.7 Å². The van der Waals surface area contributed by atoms with Gasteiger partial charge in [0.15, 0.2) is 0 Å². The van der Waals surface area contributed by atoms with Crippen molar-refractivity contribution in [1.82, 2.24) is 5.32 Å². The number of amides is 1. The lowest BCUT2D eigenvalue weighted by atomic mass is 10.1. The smallest absolute Gasteiger partial charge is 0.327 e. The molecular formula is C42H83N2O11PS. The second kappa shape index (κ2) is 41.5. The Morgan fingerprint density at radius 1 is 0.596 bits per heavy atom. The van der Waals surface area contributed by atoms with Crippen molar-refractivity contribution in [3.63, 3.8) is 0 Å². The van der Waals surface area contributed by atoms with E-state index in [1.165, 1.54) is 114 Å². The highest BCUT2D eigenvalue weighted by molar-refractivity contribution is 7.99. The molecule has 338 valence electrons. The maximum Gasteiger partial charge on any atom is 0.327 e. The predicted octanol–water partition coefficient (Wildman–Crippen LogP) is 8.25. The average Bonchev–Trinajstić information content (AvgIpc) is 3.17. The molecule has 5 N–H and O–H groups in total. The van der Waals surface area contributed by atoms with E-state index in [4.69, 9.17) is 39.2 Å². The van der Waals surface area contributed by atoms with Gasteiger partial charge in [-0.2, -0.15) is 11.8 Å². The minimum absolute atomic E-state index is 0.0139. The van der Waals surface area contributed by atoms with Gasteiger partial charge in [-0.15, -0.1) is 0 Å². The summed E-state index contributed by atoms with van der Waals surface area (Å²) in [6.07, 6.45) is 26.2. The summed E-state index contributed by atoms with van der Waals surface area (Å²) in [5.74, 6) is -0.239. The largest absolute Gasteiger partial charge is 0.462 e. The molecule has 0 aliphatic carbocycles. The van der Waals surface area contributed by atoms with Crippen LogP contribution in [0.2, 0.25) is 0 Å². The van der Waals surface area contributed by atoms with Crippen LogP contribution < -0.4 is 11.1 Å². The minimum Gasteiger partial charge on any atom is -0.462 e. The molecule has 0 unspecified atom stereocenters. The Kier molecular flexibility index (Phi) is 40.6. The molecule has 0 aromatic carbocycles. The van der Waals surface area contributed by atoms with Gasteiger partial charge in [0.2, 0.25) is 5.91 Å². The molecule has 0 aromatic heterocycles. The Labute approximate surface area is 350 Å². The molecule has 0 aliphatic heterocycles. The third-order valence-electron chi connectivity index (χ3n) is 9.45. The molecule has 0 fully saturated rings. The first-order chi connectivity index (χ1) is 27.6. The van der Waals surface area contributed by atoms with Gasteiger partial charge in [0.25, 0.3) is 0 Å². The van der Waals surface area contributed by atoms with Crippen molar-refractivity contribution >= 4 is 37.2 Å². The lowest BCUT2D eigenvalue weighted by Crippen LogP contribution is -2.43. The molecule has 0 aromatic rings. The molecule has 0 radical (unpaired) electrons. The van der Waals surface area contributed by atoms with Crippen molar-refractivity contribution in [2.75, 3.05) is 70.5 Å². The number of rotatable bonds is 44. The van der Waals surface area contributed by atoms with Crippen LogP contribution in [0.25, 0.3) is 0 Å². The molecule has 15 heteroatoms. The number of nitrogens with one attached hydrogen (secondary N) is 1. The van der Waals surface area contributed by atoms with Crippen molar-refractivity contribution in [2.45, 2.75) is 180 Å². The standard InChI is InChI=1S/C42H83N2O11PS/c1-3-5-7-9-11-13-15-17-19-21-23-25-40(45)54-35-38(55-41(46)26-24-22-20-18-16-14-12-10-8-6-4-2)36-57-37-39(43)42(47)44-27-28-51-29-30-52-31-32-53-33-34-56(48,49)50/h38-39H,3-37,43H2,1-2H3,(H,44,47)(H2,48,49,50)/t38-,39+/m1/s1. The molecule has 57 heavy (non-hydrogen) atoms. The summed E-state index contributed by atoms with van der Waals surface area (Å²) in [4.78, 5) is 55.4. The normalized spacial score (nSPS) is 12.7. The topological polar surface area (TPSA) is 193 Å². The molecule has 0 spiro atoms. The first-order valence-corrected chi connectivity index (χ1v) is 25.3. The van der Waals surface area contributed by atoms with Crippen LogP contribution in [-0.4, -0.2) is 110 Å². The molecule has 0 bridgehead atoms. The molecule has 0 rings (SSSR count). The van der Waals surface area contributed by atoms with Crippen LogP contribution in [0, 0.1) is 0 Å². The highest BCUT2D eigenvalue weighted by Gasteiger charge is 2.20. The SMILES string of the molecule is CCCCCCCCCCCCCC(=O)OC[C@H](CSC[C@H](N)C(=O)NCCOCCOCCOCCP(=O)(O)O)OC(=O)CCCCCCCCCCCCC. The van der Waals surface area contributed by atoms with E-state index in [0.29, 0.717) is 37.6 Å². The van der Waals surface area contributed by atoms with Crippen LogP contribution in [0.15, 0.2) is 0 Å². The number of hydrogen-bond acceptors (Lipinski definition) is 11. The van der Waals surface area contributed by atoms with Crippen molar-refractivity contribution < 1.29 is 52.4 Å². The van der Waals surface area contributed by atoms with E-state index in [9.17, 15) is 18.9 Å². The Hall–Kier alpha value is -1.25. The summed E-state index contributed by atoms with van der Waals surface area (Å²) in [5.41, 5.74) is 6.12. The second-order valence-corrected chi connectivity index (χ2v) is 17.9. The number of hydrogen-bond donors (Lipinski definition) is 4. The van der Waals surface area contributed by atoms with Gasteiger partial charge in [0, 0.05) is 30.9 Å². The van der Waals surface area contributed by atoms with Gasteiger partial charge < -0.3 is 44.5 Å². The fourth-order valence-electron chi connectivity index (χ4n) is 5.99. The van der Waals surface area contributed by atoms with Gasteiger partial charge >= 0.3 is 19.5 Å². The van der Waals surface area contributed by atoms with Crippen LogP contribution in [-0.2, 0) is 42.6 Å². The number of carbonyl (C=O) groups excluding carboxylic acids is 3. The van der Waals surface area contributed by atoms with Crippen LogP contribution >= 0.6 is 19.4 Å². The minimum atomic E-state index is -4.05. The average molecular weight is 855 g/mol. The predicted molar refractivity (Wildman–Crippen MR) is 231 cm³/mol. The van der Waals surface area contributed by atoms with Gasteiger partial charge in [-0.3, -0.25) is 18.9 Å². The van der Waals surface area contributed by atoms with Gasteiger partial charge in [-0.05, 0) is 12.8 Å². The fraction of sp³-hybridized carbons (Fsp3) is 0.929. The summed E-state index contributed by atoms with van der Waals surface area (Å²) in [5, 5.41) is 2.75. The molecule has 2 atom stereocenters. The third kappa shape index (κ3) is 42.7. The zero-order valence-electron chi connectivity index (χ0n) is 35.9. The molecule has 13 nitrogen and oxygen atoms in total. The quantitative estimate of drug-likeness (QED) is 0.0260. The number of carbonyl (C=O) groups is 3. The summed E-state index contributed by atoms with van der Waals surface area (Å²) in [7, 11) is -4.05. The van der Waals surface area contributed by atoms with E-state index in [1.54, 1.807) is 0 Å². The molecule has 1 amide bonds. The molecular weight excluding hydrogens is 772 g/mol.